The number of hydrogen-bond acceptors (Lipinski definition) is 5. The molecule has 1 fully saturated rings. The van der Waals surface area contributed by atoms with Crippen LogP contribution in [0.3, 0.4) is 0 Å². The number of carbonyl (C=O) groups excluding carboxylic acids is 3. The van der Waals surface area contributed by atoms with Crippen molar-refractivity contribution in [1.82, 2.24) is 20.1 Å². The van der Waals surface area contributed by atoms with E-state index in [1.807, 2.05) is 0 Å². The van der Waals surface area contributed by atoms with Crippen LogP contribution in [0, 0.1) is 11.6 Å². The molecule has 7 nitrogen and oxygen atoms in total. The van der Waals surface area contributed by atoms with Crippen molar-refractivity contribution in [3.63, 3.8) is 0 Å². The first-order valence-electron chi connectivity index (χ1n) is 8.35. The minimum Gasteiger partial charge on any atom is -0.348 e. The van der Waals surface area contributed by atoms with E-state index in [9.17, 15) is 23.2 Å². The topological polar surface area (TPSA) is 82.6 Å². The van der Waals surface area contributed by atoms with E-state index in [1.165, 1.54) is 29.2 Å². The van der Waals surface area contributed by atoms with Crippen LogP contribution in [0.4, 0.5) is 13.6 Å². The van der Waals surface area contributed by atoms with E-state index in [0.717, 1.165) is 17.0 Å². The van der Waals surface area contributed by atoms with Crippen LogP contribution in [0.2, 0.25) is 0 Å². The highest BCUT2D eigenvalue weighted by Crippen LogP contribution is 2.33. The van der Waals surface area contributed by atoms with E-state index in [1.54, 1.807) is 19.5 Å². The molecule has 10 heteroatoms. The summed E-state index contributed by atoms with van der Waals surface area (Å²) in [6.45, 7) is 1.10. The van der Waals surface area contributed by atoms with Crippen molar-refractivity contribution in [1.29, 1.82) is 0 Å². The van der Waals surface area contributed by atoms with Crippen LogP contribution < -0.4 is 5.32 Å². The fraction of sp³-hybridized carbons (Fsp3) is 0.333. The lowest BCUT2D eigenvalue weighted by Crippen LogP contribution is -2.42. The van der Waals surface area contributed by atoms with Gasteiger partial charge in [0.25, 0.3) is 5.91 Å². The maximum absolute atomic E-state index is 14.2. The molecule has 1 unspecified atom stereocenters. The van der Waals surface area contributed by atoms with Crippen molar-refractivity contribution in [2.75, 3.05) is 14.1 Å². The number of rotatable bonds is 5. The Labute approximate surface area is 164 Å². The molecule has 2 heterocycles. The average molecular weight is 408 g/mol. The maximum atomic E-state index is 14.2. The minimum atomic E-state index is -1.85. The van der Waals surface area contributed by atoms with E-state index >= 15 is 0 Å². The van der Waals surface area contributed by atoms with Crippen LogP contribution >= 0.6 is 11.3 Å². The average Bonchev–Trinajstić information content (AvgIpc) is 3.13. The van der Waals surface area contributed by atoms with Gasteiger partial charge in [-0.15, -0.1) is 11.3 Å². The first-order chi connectivity index (χ1) is 13.1. The molecular weight excluding hydrogens is 390 g/mol. The van der Waals surface area contributed by atoms with Crippen molar-refractivity contribution in [2.45, 2.75) is 25.4 Å². The van der Waals surface area contributed by atoms with Crippen LogP contribution in [-0.4, -0.2) is 46.7 Å². The monoisotopic (exact) mass is 408 g/mol. The Balaban J connectivity index is 1.82. The third kappa shape index (κ3) is 3.47. The molecule has 1 aliphatic heterocycles. The summed E-state index contributed by atoms with van der Waals surface area (Å²) < 4.78 is 28.4. The smallest absolute Gasteiger partial charge is 0.325 e. The van der Waals surface area contributed by atoms with Gasteiger partial charge in [0.05, 0.1) is 24.2 Å². The van der Waals surface area contributed by atoms with E-state index < -0.39 is 34.7 Å². The number of thiazole rings is 1. The number of aromatic nitrogens is 1. The van der Waals surface area contributed by atoms with Gasteiger partial charge in [0.15, 0.2) is 0 Å². The second-order valence-corrected chi connectivity index (χ2v) is 7.68. The number of likely N-dealkylation sites (N-methyl/N-ethyl adjacent to an activating group) is 1. The van der Waals surface area contributed by atoms with Gasteiger partial charge in [-0.2, -0.15) is 0 Å². The number of carbonyl (C=O) groups is 3. The molecule has 0 radical (unpaired) electrons. The zero-order chi connectivity index (χ0) is 20.6. The summed E-state index contributed by atoms with van der Waals surface area (Å²) in [5.41, 5.74) is -1.95. The van der Waals surface area contributed by atoms with E-state index in [4.69, 9.17) is 0 Å². The first kappa shape index (κ1) is 19.9. The Kier molecular flexibility index (Phi) is 5.16. The number of benzene rings is 1. The molecule has 1 aliphatic rings. The Morgan fingerprint density at radius 3 is 2.54 bits per heavy atom. The van der Waals surface area contributed by atoms with Gasteiger partial charge in [-0.05, 0) is 19.1 Å². The zero-order valence-electron chi connectivity index (χ0n) is 15.5. The van der Waals surface area contributed by atoms with Crippen LogP contribution in [0.1, 0.15) is 23.2 Å². The lowest BCUT2D eigenvalue weighted by Gasteiger charge is -2.23. The standard InChI is InChI=1S/C18H18F2N4O3S/c1-18(15-11(19)5-4-6-12(15)20)16(26)24(17(27)22-18)8-10-9-28-13(21-10)7-14(25)23(2)3/h4-6,9H,7-8H2,1-3H3,(H,22,27). The Hall–Kier alpha value is -2.88. The van der Waals surface area contributed by atoms with Gasteiger partial charge in [0, 0.05) is 19.5 Å². The molecule has 0 bridgehead atoms. The molecule has 0 aliphatic carbocycles. The van der Waals surface area contributed by atoms with Crippen LogP contribution in [0.25, 0.3) is 0 Å². The number of hydrogen-bond donors (Lipinski definition) is 1. The number of imide groups is 1. The summed E-state index contributed by atoms with van der Waals surface area (Å²) in [6, 6.07) is 2.47. The van der Waals surface area contributed by atoms with Gasteiger partial charge in [-0.1, -0.05) is 6.07 Å². The van der Waals surface area contributed by atoms with E-state index in [0.29, 0.717) is 10.7 Å². The number of urea groups is 1. The van der Waals surface area contributed by atoms with Crippen molar-refractivity contribution in [3.8, 4) is 0 Å². The van der Waals surface area contributed by atoms with E-state index in [2.05, 4.69) is 10.3 Å². The quantitative estimate of drug-likeness (QED) is 0.768. The van der Waals surface area contributed by atoms with Crippen LogP contribution in [0.15, 0.2) is 23.6 Å². The molecule has 28 heavy (non-hydrogen) atoms. The largest absolute Gasteiger partial charge is 0.348 e. The van der Waals surface area contributed by atoms with Crippen molar-refractivity contribution in [3.05, 3.63) is 51.5 Å². The molecule has 1 N–H and O–H groups in total. The molecule has 1 saturated heterocycles. The summed E-state index contributed by atoms with van der Waals surface area (Å²) in [5, 5.41) is 4.56. The van der Waals surface area contributed by atoms with Crippen LogP contribution in [0.5, 0.6) is 0 Å². The second-order valence-electron chi connectivity index (χ2n) is 6.74. The summed E-state index contributed by atoms with van der Waals surface area (Å²) >= 11 is 1.23. The summed E-state index contributed by atoms with van der Waals surface area (Å²) in [5.74, 6) is -2.74. The lowest BCUT2D eigenvalue weighted by atomic mass is 9.91. The van der Waals surface area contributed by atoms with Crippen molar-refractivity contribution in [2.24, 2.45) is 0 Å². The molecule has 1 aromatic heterocycles. The summed E-state index contributed by atoms with van der Waals surface area (Å²) in [6.07, 6.45) is 0.107. The van der Waals surface area contributed by atoms with Gasteiger partial charge >= 0.3 is 6.03 Å². The number of halogens is 2. The SMILES string of the molecule is CN(C)C(=O)Cc1nc(CN2C(=O)NC(C)(c3c(F)cccc3F)C2=O)cs1. The third-order valence-corrected chi connectivity index (χ3v) is 5.36. The third-order valence-electron chi connectivity index (χ3n) is 4.46. The normalized spacial score (nSPS) is 19.1. The highest BCUT2D eigenvalue weighted by atomic mass is 32.1. The lowest BCUT2D eigenvalue weighted by molar-refractivity contribution is -0.131. The summed E-state index contributed by atoms with van der Waals surface area (Å²) in [4.78, 5) is 43.5. The molecule has 1 atom stereocenters. The zero-order valence-corrected chi connectivity index (χ0v) is 16.3. The number of nitrogens with one attached hydrogen (secondary N) is 1. The van der Waals surface area contributed by atoms with E-state index in [-0.39, 0.29) is 18.9 Å². The first-order valence-corrected chi connectivity index (χ1v) is 9.23. The van der Waals surface area contributed by atoms with Crippen molar-refractivity contribution < 1.29 is 23.2 Å². The molecule has 3 rings (SSSR count). The summed E-state index contributed by atoms with van der Waals surface area (Å²) in [7, 11) is 3.26. The van der Waals surface area contributed by atoms with Gasteiger partial charge in [0.2, 0.25) is 5.91 Å². The predicted molar refractivity (Wildman–Crippen MR) is 97.3 cm³/mol. The predicted octanol–water partition coefficient (Wildman–Crippen LogP) is 2.02. The van der Waals surface area contributed by atoms with Gasteiger partial charge in [-0.25, -0.2) is 18.6 Å². The number of amides is 4. The highest BCUT2D eigenvalue weighted by Gasteiger charge is 2.51. The number of nitrogens with zero attached hydrogens (tertiary/aromatic N) is 3. The Morgan fingerprint density at radius 1 is 1.29 bits per heavy atom. The fourth-order valence-corrected chi connectivity index (χ4v) is 3.71. The minimum absolute atomic E-state index is 0.107. The molecular formula is C18H18F2N4O3S. The maximum Gasteiger partial charge on any atom is 0.325 e. The molecule has 1 aromatic carbocycles. The highest BCUT2D eigenvalue weighted by molar-refractivity contribution is 7.09. The Bertz CT molecular complexity index is 942. The van der Waals surface area contributed by atoms with Crippen LogP contribution in [-0.2, 0) is 28.1 Å². The van der Waals surface area contributed by atoms with Crippen molar-refractivity contribution >= 4 is 29.2 Å². The van der Waals surface area contributed by atoms with Gasteiger partial charge in [0.1, 0.15) is 22.2 Å². The molecule has 0 spiro atoms. The van der Waals surface area contributed by atoms with Gasteiger partial charge in [-0.3, -0.25) is 14.5 Å². The molecule has 4 amide bonds. The molecule has 148 valence electrons. The Morgan fingerprint density at radius 2 is 1.93 bits per heavy atom. The fourth-order valence-electron chi connectivity index (χ4n) is 2.94. The second kappa shape index (κ2) is 7.27. The molecule has 0 saturated carbocycles. The van der Waals surface area contributed by atoms with Gasteiger partial charge < -0.3 is 10.2 Å². The molecule has 2 aromatic rings.